The Morgan fingerprint density at radius 2 is 2.06 bits per heavy atom. The summed E-state index contributed by atoms with van der Waals surface area (Å²) in [6.45, 7) is 0. The molecule has 0 nitrogen and oxygen atoms in total. The summed E-state index contributed by atoms with van der Waals surface area (Å²) in [5, 5.41) is 0. The standard InChI is InChI=1S/C16H13S2/c1-2-6-16-12(4-1)14(10-18-16)11-5-3-7-15-13(11)8-9-17-15/h2-7,14H,8-10H2. The average Bonchev–Trinajstić information content (AvgIpc) is 3.05. The first-order valence-electron chi connectivity index (χ1n) is 6.31. The summed E-state index contributed by atoms with van der Waals surface area (Å²) in [5.41, 5.74) is 4.64. The number of fused-ring (bicyclic) bond motifs is 2. The summed E-state index contributed by atoms with van der Waals surface area (Å²) in [4.78, 5) is 2.95. The first-order valence-corrected chi connectivity index (χ1v) is 8.28. The van der Waals surface area contributed by atoms with Gasteiger partial charge in [-0.15, -0.1) is 23.5 Å². The quantitative estimate of drug-likeness (QED) is 0.754. The fraction of sp³-hybridized carbons (Fsp3) is 0.250. The largest absolute Gasteiger partial charge is 0.126 e. The van der Waals surface area contributed by atoms with Crippen LogP contribution in [0, 0.1) is 6.07 Å². The normalized spacial score (nSPS) is 20.8. The molecule has 2 heterocycles. The van der Waals surface area contributed by atoms with Crippen molar-refractivity contribution in [1.29, 1.82) is 0 Å². The lowest BCUT2D eigenvalue weighted by Crippen LogP contribution is -2.03. The molecule has 18 heavy (non-hydrogen) atoms. The van der Waals surface area contributed by atoms with Crippen molar-refractivity contribution in [2.75, 3.05) is 11.5 Å². The van der Waals surface area contributed by atoms with Gasteiger partial charge in [0.15, 0.2) is 0 Å². The predicted octanol–water partition coefficient (Wildman–Crippen LogP) is 4.37. The minimum Gasteiger partial charge on any atom is -0.126 e. The third-order valence-electron chi connectivity index (χ3n) is 3.79. The van der Waals surface area contributed by atoms with Crippen LogP contribution in [0.25, 0.3) is 0 Å². The fourth-order valence-corrected chi connectivity index (χ4v) is 5.26. The second kappa shape index (κ2) is 4.36. The molecule has 0 spiro atoms. The molecule has 0 bridgehead atoms. The molecule has 2 aliphatic heterocycles. The highest BCUT2D eigenvalue weighted by Gasteiger charge is 2.28. The fourth-order valence-electron chi connectivity index (χ4n) is 2.93. The van der Waals surface area contributed by atoms with Gasteiger partial charge in [-0.1, -0.05) is 18.2 Å². The van der Waals surface area contributed by atoms with Gasteiger partial charge in [-0.05, 0) is 47.4 Å². The molecule has 1 unspecified atom stereocenters. The minimum atomic E-state index is 0.580. The maximum absolute atomic E-state index is 3.24. The SMILES string of the molecule is [c]1ccc2c(c1)C(c1cccc3c1CCS3)CS2. The molecule has 4 rings (SSSR count). The van der Waals surface area contributed by atoms with E-state index in [4.69, 9.17) is 0 Å². The number of rotatable bonds is 1. The van der Waals surface area contributed by atoms with E-state index in [9.17, 15) is 0 Å². The van der Waals surface area contributed by atoms with Crippen molar-refractivity contribution in [3.8, 4) is 0 Å². The van der Waals surface area contributed by atoms with Gasteiger partial charge in [0.1, 0.15) is 0 Å². The van der Waals surface area contributed by atoms with Crippen LogP contribution in [0.2, 0.25) is 0 Å². The van der Waals surface area contributed by atoms with Crippen LogP contribution >= 0.6 is 23.5 Å². The molecule has 2 aromatic carbocycles. The number of benzene rings is 2. The van der Waals surface area contributed by atoms with E-state index in [-0.39, 0.29) is 0 Å². The molecule has 0 amide bonds. The molecule has 2 aliphatic rings. The van der Waals surface area contributed by atoms with Crippen LogP contribution in [0.5, 0.6) is 0 Å². The van der Waals surface area contributed by atoms with E-state index in [1.807, 2.05) is 29.6 Å². The molecular formula is C16H13S2. The Morgan fingerprint density at radius 1 is 1.06 bits per heavy atom. The number of hydrogen-bond acceptors (Lipinski definition) is 2. The van der Waals surface area contributed by atoms with Crippen molar-refractivity contribution < 1.29 is 0 Å². The van der Waals surface area contributed by atoms with E-state index in [1.165, 1.54) is 33.3 Å². The lowest BCUT2D eigenvalue weighted by atomic mass is 9.89. The maximum atomic E-state index is 3.24. The zero-order chi connectivity index (χ0) is 11.9. The molecule has 0 aliphatic carbocycles. The third-order valence-corrected chi connectivity index (χ3v) is 6.07. The van der Waals surface area contributed by atoms with Gasteiger partial charge in [0.2, 0.25) is 0 Å². The summed E-state index contributed by atoms with van der Waals surface area (Å²) in [6, 6.07) is 16.5. The Bertz CT molecular complexity index is 604. The highest BCUT2D eigenvalue weighted by Crippen LogP contribution is 2.46. The Labute approximate surface area is 116 Å². The Balaban J connectivity index is 1.84. The molecule has 1 atom stereocenters. The van der Waals surface area contributed by atoms with E-state index in [1.54, 1.807) is 11.1 Å². The van der Waals surface area contributed by atoms with Crippen molar-refractivity contribution in [2.24, 2.45) is 0 Å². The van der Waals surface area contributed by atoms with Gasteiger partial charge < -0.3 is 0 Å². The van der Waals surface area contributed by atoms with E-state index in [0.29, 0.717) is 5.92 Å². The lowest BCUT2D eigenvalue weighted by Gasteiger charge is -2.15. The highest BCUT2D eigenvalue weighted by molar-refractivity contribution is 8.00. The maximum Gasteiger partial charge on any atom is 0.0198 e. The van der Waals surface area contributed by atoms with Crippen LogP contribution in [0.15, 0.2) is 46.2 Å². The van der Waals surface area contributed by atoms with E-state index in [2.05, 4.69) is 36.4 Å². The zero-order valence-corrected chi connectivity index (χ0v) is 11.6. The van der Waals surface area contributed by atoms with Crippen molar-refractivity contribution >= 4 is 23.5 Å². The van der Waals surface area contributed by atoms with Crippen molar-refractivity contribution in [2.45, 2.75) is 22.1 Å². The van der Waals surface area contributed by atoms with Crippen LogP contribution in [0.4, 0.5) is 0 Å². The van der Waals surface area contributed by atoms with Crippen LogP contribution in [-0.2, 0) is 6.42 Å². The Kier molecular flexibility index (Phi) is 2.66. The van der Waals surface area contributed by atoms with Crippen molar-refractivity contribution in [3.63, 3.8) is 0 Å². The average molecular weight is 269 g/mol. The smallest absolute Gasteiger partial charge is 0.0198 e. The van der Waals surface area contributed by atoms with Gasteiger partial charge in [0.25, 0.3) is 0 Å². The predicted molar refractivity (Wildman–Crippen MR) is 78.7 cm³/mol. The summed E-state index contributed by atoms with van der Waals surface area (Å²) >= 11 is 4.00. The lowest BCUT2D eigenvalue weighted by molar-refractivity contribution is 0.901. The van der Waals surface area contributed by atoms with Crippen molar-refractivity contribution in [1.82, 2.24) is 0 Å². The van der Waals surface area contributed by atoms with Crippen LogP contribution in [-0.4, -0.2) is 11.5 Å². The summed E-state index contributed by atoms with van der Waals surface area (Å²) < 4.78 is 0. The summed E-state index contributed by atoms with van der Waals surface area (Å²) in [6.07, 6.45) is 1.24. The molecule has 0 N–H and O–H groups in total. The molecule has 0 saturated carbocycles. The van der Waals surface area contributed by atoms with Gasteiger partial charge in [0, 0.05) is 27.2 Å². The van der Waals surface area contributed by atoms with Gasteiger partial charge >= 0.3 is 0 Å². The minimum absolute atomic E-state index is 0.580. The molecule has 0 fully saturated rings. The van der Waals surface area contributed by atoms with Gasteiger partial charge in [-0.3, -0.25) is 0 Å². The van der Waals surface area contributed by atoms with Gasteiger partial charge in [0.05, 0.1) is 0 Å². The Hall–Kier alpha value is -0.860. The van der Waals surface area contributed by atoms with E-state index in [0.717, 1.165) is 0 Å². The molecular weight excluding hydrogens is 256 g/mol. The monoisotopic (exact) mass is 269 g/mol. The van der Waals surface area contributed by atoms with Gasteiger partial charge in [-0.25, -0.2) is 0 Å². The number of hydrogen-bond donors (Lipinski definition) is 0. The first-order chi connectivity index (χ1) is 8.93. The number of thioether (sulfide) groups is 2. The highest BCUT2D eigenvalue weighted by atomic mass is 32.2. The summed E-state index contributed by atoms with van der Waals surface area (Å²) in [7, 11) is 0. The molecule has 2 aromatic rings. The molecule has 89 valence electrons. The van der Waals surface area contributed by atoms with E-state index < -0.39 is 0 Å². The topological polar surface area (TPSA) is 0 Å². The van der Waals surface area contributed by atoms with Gasteiger partial charge in [-0.2, -0.15) is 0 Å². The van der Waals surface area contributed by atoms with Crippen LogP contribution < -0.4 is 0 Å². The summed E-state index contributed by atoms with van der Waals surface area (Å²) in [5.74, 6) is 3.02. The van der Waals surface area contributed by atoms with Crippen LogP contribution in [0.3, 0.4) is 0 Å². The second-order valence-electron chi connectivity index (χ2n) is 4.75. The van der Waals surface area contributed by atoms with Crippen molar-refractivity contribution in [3.05, 3.63) is 59.2 Å². The molecule has 2 heteroatoms. The second-order valence-corrected chi connectivity index (χ2v) is 6.95. The third kappa shape index (κ3) is 1.63. The molecule has 0 saturated heterocycles. The van der Waals surface area contributed by atoms with Crippen LogP contribution in [0.1, 0.15) is 22.6 Å². The first kappa shape index (κ1) is 11.0. The van der Waals surface area contributed by atoms with E-state index >= 15 is 0 Å². The molecule has 0 aromatic heterocycles. The molecule has 1 radical (unpaired) electrons. The Morgan fingerprint density at radius 3 is 3.06 bits per heavy atom. The zero-order valence-electron chi connectivity index (χ0n) is 9.98.